The Balaban J connectivity index is 2.25. The molecule has 0 fully saturated rings. The number of hydrogen-bond donors (Lipinski definition) is 2. The zero-order valence-corrected chi connectivity index (χ0v) is 7.44. The van der Waals surface area contributed by atoms with Crippen LogP contribution in [0.2, 0.25) is 0 Å². The molecule has 4 heteroatoms. The van der Waals surface area contributed by atoms with Gasteiger partial charge in [0.05, 0.1) is 0 Å². The van der Waals surface area contributed by atoms with Gasteiger partial charge in [-0.05, 0) is 12.1 Å². The van der Waals surface area contributed by atoms with Crippen LogP contribution in [-0.4, -0.2) is 12.0 Å². The minimum absolute atomic E-state index is 0.351. The van der Waals surface area contributed by atoms with Gasteiger partial charge in [0.1, 0.15) is 5.75 Å². The van der Waals surface area contributed by atoms with Crippen molar-refractivity contribution in [3.05, 3.63) is 35.9 Å². The third kappa shape index (κ3) is 1.47. The first-order chi connectivity index (χ1) is 6.81. The second-order valence-corrected chi connectivity index (χ2v) is 2.94. The van der Waals surface area contributed by atoms with Gasteiger partial charge in [0, 0.05) is 5.56 Å². The highest BCUT2D eigenvalue weighted by Crippen LogP contribution is 2.25. The molecular formula is C10H10N2O2. The maximum absolute atomic E-state index is 11.2. The zero-order valence-electron chi connectivity index (χ0n) is 7.44. The van der Waals surface area contributed by atoms with Gasteiger partial charge >= 0.3 is 0 Å². The largest absolute Gasteiger partial charge is 0.476 e. The molecule has 0 bridgehead atoms. The van der Waals surface area contributed by atoms with E-state index >= 15 is 0 Å². The average Bonchev–Trinajstić information content (AvgIpc) is 2.27. The summed E-state index contributed by atoms with van der Waals surface area (Å²) in [5, 5.41) is 0. The molecule has 0 aromatic heterocycles. The highest BCUT2D eigenvalue weighted by atomic mass is 16.5. The van der Waals surface area contributed by atoms with Crippen molar-refractivity contribution in [1.29, 1.82) is 0 Å². The lowest BCUT2D eigenvalue weighted by Gasteiger charge is -2.19. The lowest BCUT2D eigenvalue weighted by molar-refractivity contribution is -0.126. The second kappa shape index (κ2) is 3.51. The highest BCUT2D eigenvalue weighted by Gasteiger charge is 2.20. The number of amides is 1. The number of nitrogens with one attached hydrogen (secondary N) is 1. The van der Waals surface area contributed by atoms with Crippen LogP contribution in [0.3, 0.4) is 0 Å². The summed E-state index contributed by atoms with van der Waals surface area (Å²) in [4.78, 5) is 11.2. The molecule has 4 nitrogen and oxygen atoms in total. The van der Waals surface area contributed by atoms with Crippen LogP contribution in [-0.2, 0) is 4.79 Å². The Kier molecular flexibility index (Phi) is 2.20. The first kappa shape index (κ1) is 8.77. The van der Waals surface area contributed by atoms with Gasteiger partial charge < -0.3 is 4.74 Å². The first-order valence-electron chi connectivity index (χ1n) is 4.25. The van der Waals surface area contributed by atoms with Crippen LogP contribution in [0.15, 0.2) is 30.3 Å². The van der Waals surface area contributed by atoms with E-state index in [9.17, 15) is 4.79 Å². The van der Waals surface area contributed by atoms with E-state index in [-0.39, 0.29) is 5.91 Å². The Morgan fingerprint density at radius 2 is 2.21 bits per heavy atom. The third-order valence-electron chi connectivity index (χ3n) is 2.02. The first-order valence-corrected chi connectivity index (χ1v) is 4.25. The van der Waals surface area contributed by atoms with Crippen molar-refractivity contribution in [3.63, 3.8) is 0 Å². The fourth-order valence-corrected chi connectivity index (χ4v) is 1.32. The van der Waals surface area contributed by atoms with Crippen molar-refractivity contribution >= 4 is 12.0 Å². The van der Waals surface area contributed by atoms with Crippen molar-refractivity contribution in [2.75, 3.05) is 0 Å². The number of fused-ring (bicyclic) bond motifs is 1. The summed E-state index contributed by atoms with van der Waals surface area (Å²) in [5.74, 6) is 5.36. The molecule has 1 aliphatic rings. The van der Waals surface area contributed by atoms with Crippen molar-refractivity contribution in [3.8, 4) is 5.75 Å². The minimum Gasteiger partial charge on any atom is -0.476 e. The van der Waals surface area contributed by atoms with Gasteiger partial charge in [0.2, 0.25) is 0 Å². The molecule has 1 aromatic carbocycles. The van der Waals surface area contributed by atoms with Crippen LogP contribution in [0, 0.1) is 0 Å². The number of nitrogens with two attached hydrogens (primary N) is 1. The maximum Gasteiger partial charge on any atom is 0.279 e. The van der Waals surface area contributed by atoms with Crippen molar-refractivity contribution < 1.29 is 9.53 Å². The Bertz CT molecular complexity index is 387. The van der Waals surface area contributed by atoms with Crippen molar-refractivity contribution in [2.24, 2.45) is 5.84 Å². The normalized spacial score (nSPS) is 18.2. The molecule has 0 saturated carbocycles. The molecule has 2 rings (SSSR count). The predicted molar refractivity (Wildman–Crippen MR) is 52.2 cm³/mol. The number of carbonyl (C=O) groups is 1. The SMILES string of the molecule is NNC(=O)C1C=Cc2ccccc2O1. The number of rotatable bonds is 1. The van der Waals surface area contributed by atoms with Gasteiger partial charge in [-0.15, -0.1) is 0 Å². The standard InChI is InChI=1S/C10H10N2O2/c11-12-10(13)9-6-5-7-3-1-2-4-8(7)14-9/h1-6,9H,11H2,(H,12,13). The molecule has 3 N–H and O–H groups in total. The fourth-order valence-electron chi connectivity index (χ4n) is 1.32. The van der Waals surface area contributed by atoms with Crippen LogP contribution >= 0.6 is 0 Å². The van der Waals surface area contributed by atoms with E-state index in [2.05, 4.69) is 5.43 Å². The van der Waals surface area contributed by atoms with Crippen LogP contribution in [0.1, 0.15) is 5.56 Å². The second-order valence-electron chi connectivity index (χ2n) is 2.94. The van der Waals surface area contributed by atoms with E-state index in [0.29, 0.717) is 5.75 Å². The summed E-state index contributed by atoms with van der Waals surface area (Å²) < 4.78 is 5.41. The van der Waals surface area contributed by atoms with Gasteiger partial charge in [-0.1, -0.05) is 24.3 Å². The lowest BCUT2D eigenvalue weighted by atomic mass is 10.1. The smallest absolute Gasteiger partial charge is 0.279 e. The summed E-state index contributed by atoms with van der Waals surface area (Å²) >= 11 is 0. The zero-order chi connectivity index (χ0) is 9.97. The number of hydrazine groups is 1. The number of para-hydroxylation sites is 1. The molecule has 1 heterocycles. The van der Waals surface area contributed by atoms with E-state index in [1.807, 2.05) is 30.3 Å². The topological polar surface area (TPSA) is 64.3 Å². The van der Waals surface area contributed by atoms with Crippen LogP contribution < -0.4 is 16.0 Å². The molecule has 0 saturated heterocycles. The number of ether oxygens (including phenoxy) is 1. The highest BCUT2D eigenvalue weighted by molar-refractivity contribution is 5.84. The molecule has 1 aromatic rings. The fraction of sp³-hybridized carbons (Fsp3) is 0.100. The van der Waals surface area contributed by atoms with Gasteiger partial charge in [-0.2, -0.15) is 0 Å². The summed E-state index contributed by atoms with van der Waals surface area (Å²) in [5.41, 5.74) is 3.02. The molecule has 1 amide bonds. The molecule has 0 radical (unpaired) electrons. The van der Waals surface area contributed by atoms with E-state index < -0.39 is 6.10 Å². The van der Waals surface area contributed by atoms with Crippen molar-refractivity contribution in [2.45, 2.75) is 6.10 Å². The minimum atomic E-state index is -0.630. The van der Waals surface area contributed by atoms with E-state index in [0.717, 1.165) is 5.56 Å². The van der Waals surface area contributed by atoms with Gasteiger partial charge in [0.25, 0.3) is 5.91 Å². The third-order valence-corrected chi connectivity index (χ3v) is 2.02. The predicted octanol–water partition coefficient (Wildman–Crippen LogP) is 0.451. The quantitative estimate of drug-likeness (QED) is 0.384. The molecule has 0 aliphatic carbocycles. The van der Waals surface area contributed by atoms with Crippen LogP contribution in [0.4, 0.5) is 0 Å². The van der Waals surface area contributed by atoms with E-state index in [4.69, 9.17) is 10.6 Å². The number of benzene rings is 1. The average molecular weight is 190 g/mol. The molecule has 1 aliphatic heterocycles. The monoisotopic (exact) mass is 190 g/mol. The van der Waals surface area contributed by atoms with Gasteiger partial charge in [-0.25, -0.2) is 5.84 Å². The molecule has 1 atom stereocenters. The van der Waals surface area contributed by atoms with Crippen molar-refractivity contribution in [1.82, 2.24) is 5.43 Å². The molecule has 14 heavy (non-hydrogen) atoms. The van der Waals surface area contributed by atoms with E-state index in [1.165, 1.54) is 0 Å². The Labute approximate surface area is 81.3 Å². The molecule has 72 valence electrons. The summed E-state index contributed by atoms with van der Waals surface area (Å²) in [7, 11) is 0. The van der Waals surface area contributed by atoms with Gasteiger partial charge in [0.15, 0.2) is 6.10 Å². The molecular weight excluding hydrogens is 180 g/mol. The summed E-state index contributed by atoms with van der Waals surface area (Å²) in [6.07, 6.45) is 2.89. The lowest BCUT2D eigenvalue weighted by Crippen LogP contribution is -2.41. The maximum atomic E-state index is 11.2. The Morgan fingerprint density at radius 1 is 1.43 bits per heavy atom. The van der Waals surface area contributed by atoms with Crippen LogP contribution in [0.25, 0.3) is 6.08 Å². The van der Waals surface area contributed by atoms with E-state index in [1.54, 1.807) is 6.08 Å². The Hall–Kier alpha value is -1.81. The Morgan fingerprint density at radius 3 is 3.00 bits per heavy atom. The molecule has 0 spiro atoms. The van der Waals surface area contributed by atoms with Crippen LogP contribution in [0.5, 0.6) is 5.75 Å². The summed E-state index contributed by atoms with van der Waals surface area (Å²) in [6.45, 7) is 0. The molecule has 1 unspecified atom stereocenters. The van der Waals surface area contributed by atoms with Gasteiger partial charge in [-0.3, -0.25) is 10.2 Å². The number of hydrogen-bond acceptors (Lipinski definition) is 3. The number of carbonyl (C=O) groups excluding carboxylic acids is 1. The summed E-state index contributed by atoms with van der Waals surface area (Å²) in [6, 6.07) is 7.50.